The second-order valence-electron chi connectivity index (χ2n) is 5.98. The number of nitrogens with one attached hydrogen (secondary N) is 1. The maximum Gasteiger partial charge on any atom is 0.230 e. The summed E-state index contributed by atoms with van der Waals surface area (Å²) in [5.74, 6) is 1.19. The number of rotatable bonds is 6. The van der Waals surface area contributed by atoms with E-state index in [-0.39, 0.29) is 0 Å². The van der Waals surface area contributed by atoms with Gasteiger partial charge < -0.3 is 10.2 Å². The monoisotopic (exact) mass is 357 g/mol. The van der Waals surface area contributed by atoms with E-state index in [4.69, 9.17) is 0 Å². The summed E-state index contributed by atoms with van der Waals surface area (Å²) in [6.45, 7) is 2.76. The third-order valence-electron chi connectivity index (χ3n) is 3.78. The van der Waals surface area contributed by atoms with Gasteiger partial charge in [0.2, 0.25) is 17.1 Å². The predicted octanol–water partition coefficient (Wildman–Crippen LogP) is 3.27. The second-order valence-corrected chi connectivity index (χ2v) is 6.97. The lowest BCUT2D eigenvalue weighted by Crippen LogP contribution is -2.15. The zero-order chi connectivity index (χ0) is 17.6. The van der Waals surface area contributed by atoms with E-state index in [9.17, 15) is 0 Å². The van der Waals surface area contributed by atoms with Crippen molar-refractivity contribution < 1.29 is 0 Å². The standard InChI is InChI=1S/C17H23N7S/c1-4-18-15-21-16(24(2)3)23-17(22-15)25-14-11-19-13(10-20-14)12-8-6-5-7-9-12/h8,10-11H,4-7,9H2,1-3H3,(H,18,21,22,23). The lowest BCUT2D eigenvalue weighted by Gasteiger charge is -2.13. The molecular formula is C17H23N7S. The van der Waals surface area contributed by atoms with Crippen LogP contribution in [0.25, 0.3) is 5.57 Å². The molecular weight excluding hydrogens is 334 g/mol. The normalized spacial score (nSPS) is 14.1. The highest BCUT2D eigenvalue weighted by Crippen LogP contribution is 2.27. The largest absolute Gasteiger partial charge is 0.354 e. The average Bonchev–Trinajstić information content (AvgIpc) is 2.63. The van der Waals surface area contributed by atoms with Gasteiger partial charge in [0.25, 0.3) is 0 Å². The minimum absolute atomic E-state index is 0.570. The van der Waals surface area contributed by atoms with E-state index in [2.05, 4.69) is 36.3 Å². The number of nitrogens with zero attached hydrogens (tertiary/aromatic N) is 6. The first-order valence-electron chi connectivity index (χ1n) is 8.52. The highest BCUT2D eigenvalue weighted by Gasteiger charge is 2.12. The average molecular weight is 357 g/mol. The molecule has 7 nitrogen and oxygen atoms in total. The lowest BCUT2D eigenvalue weighted by atomic mass is 9.97. The summed E-state index contributed by atoms with van der Waals surface area (Å²) in [5, 5.41) is 4.52. The molecule has 2 aromatic rings. The van der Waals surface area contributed by atoms with Crippen molar-refractivity contribution in [2.45, 2.75) is 42.8 Å². The van der Waals surface area contributed by atoms with Gasteiger partial charge in [0, 0.05) is 20.6 Å². The van der Waals surface area contributed by atoms with Crippen molar-refractivity contribution >= 4 is 29.2 Å². The van der Waals surface area contributed by atoms with Crippen LogP contribution in [0.2, 0.25) is 0 Å². The van der Waals surface area contributed by atoms with Crippen molar-refractivity contribution in [2.24, 2.45) is 0 Å². The minimum atomic E-state index is 0.570. The van der Waals surface area contributed by atoms with Gasteiger partial charge in [-0.25, -0.2) is 4.98 Å². The van der Waals surface area contributed by atoms with E-state index in [0.29, 0.717) is 17.1 Å². The van der Waals surface area contributed by atoms with Gasteiger partial charge in [-0.1, -0.05) is 6.08 Å². The van der Waals surface area contributed by atoms with Crippen molar-refractivity contribution in [3.8, 4) is 0 Å². The Kier molecular flexibility index (Phi) is 5.80. The Morgan fingerprint density at radius 3 is 2.64 bits per heavy atom. The predicted molar refractivity (Wildman–Crippen MR) is 101 cm³/mol. The lowest BCUT2D eigenvalue weighted by molar-refractivity contribution is 0.738. The van der Waals surface area contributed by atoms with Gasteiger partial charge in [0.1, 0.15) is 5.03 Å². The van der Waals surface area contributed by atoms with Gasteiger partial charge in [0.15, 0.2) is 0 Å². The Morgan fingerprint density at radius 1 is 1.12 bits per heavy atom. The Balaban J connectivity index is 1.78. The van der Waals surface area contributed by atoms with Crippen molar-refractivity contribution in [3.63, 3.8) is 0 Å². The Bertz CT molecular complexity index is 743. The van der Waals surface area contributed by atoms with E-state index < -0.39 is 0 Å². The van der Waals surface area contributed by atoms with Gasteiger partial charge in [-0.2, -0.15) is 15.0 Å². The van der Waals surface area contributed by atoms with Gasteiger partial charge in [-0.3, -0.25) is 4.98 Å². The Labute approximate surface area is 152 Å². The van der Waals surface area contributed by atoms with Crippen LogP contribution in [0.4, 0.5) is 11.9 Å². The van der Waals surface area contributed by atoms with Gasteiger partial charge in [0.05, 0.1) is 18.1 Å². The molecule has 0 aliphatic heterocycles. The summed E-state index contributed by atoms with van der Waals surface area (Å²) < 4.78 is 0. The highest BCUT2D eigenvalue weighted by molar-refractivity contribution is 7.99. The molecule has 0 fully saturated rings. The molecule has 8 heteroatoms. The first-order chi connectivity index (χ1) is 12.2. The van der Waals surface area contributed by atoms with Gasteiger partial charge in [-0.15, -0.1) is 0 Å². The quantitative estimate of drug-likeness (QED) is 0.844. The summed E-state index contributed by atoms with van der Waals surface area (Å²) in [5.41, 5.74) is 2.28. The van der Waals surface area contributed by atoms with Crippen LogP contribution in [0, 0.1) is 0 Å². The van der Waals surface area contributed by atoms with Gasteiger partial charge in [-0.05, 0) is 49.9 Å². The van der Waals surface area contributed by atoms with E-state index in [1.54, 1.807) is 6.20 Å². The van der Waals surface area contributed by atoms with Crippen LogP contribution >= 0.6 is 11.8 Å². The Morgan fingerprint density at radius 2 is 2.00 bits per heavy atom. The first kappa shape index (κ1) is 17.6. The second kappa shape index (κ2) is 8.24. The molecule has 132 valence electrons. The Hall–Kier alpha value is -2.22. The van der Waals surface area contributed by atoms with Crippen LogP contribution in [-0.4, -0.2) is 45.6 Å². The number of allylic oxidation sites excluding steroid dienone is 2. The van der Waals surface area contributed by atoms with Crippen LogP contribution < -0.4 is 10.2 Å². The number of hydrogen-bond donors (Lipinski definition) is 1. The van der Waals surface area contributed by atoms with Crippen LogP contribution in [0.5, 0.6) is 0 Å². The van der Waals surface area contributed by atoms with E-state index in [1.165, 1.54) is 30.2 Å². The van der Waals surface area contributed by atoms with Crippen molar-refractivity contribution in [1.29, 1.82) is 0 Å². The summed E-state index contributed by atoms with van der Waals surface area (Å²) in [6.07, 6.45) is 10.6. The topological polar surface area (TPSA) is 79.7 Å². The van der Waals surface area contributed by atoms with E-state index in [1.807, 2.05) is 32.1 Å². The summed E-state index contributed by atoms with van der Waals surface area (Å²) in [4.78, 5) is 24.2. The van der Waals surface area contributed by atoms with Crippen LogP contribution in [0.1, 0.15) is 38.3 Å². The smallest absolute Gasteiger partial charge is 0.230 e. The van der Waals surface area contributed by atoms with Crippen LogP contribution in [0.15, 0.2) is 28.7 Å². The van der Waals surface area contributed by atoms with Gasteiger partial charge >= 0.3 is 0 Å². The number of aromatic nitrogens is 5. The molecule has 0 bridgehead atoms. The zero-order valence-corrected chi connectivity index (χ0v) is 15.7. The molecule has 0 saturated carbocycles. The molecule has 0 spiro atoms. The minimum Gasteiger partial charge on any atom is -0.354 e. The SMILES string of the molecule is CCNc1nc(Sc2cnc(C3=CCCCC3)cn2)nc(N(C)C)n1. The fourth-order valence-electron chi connectivity index (χ4n) is 2.53. The van der Waals surface area contributed by atoms with Crippen LogP contribution in [0.3, 0.4) is 0 Å². The molecule has 2 aromatic heterocycles. The maximum absolute atomic E-state index is 4.57. The molecule has 25 heavy (non-hydrogen) atoms. The molecule has 0 aromatic carbocycles. The fourth-order valence-corrected chi connectivity index (χ4v) is 3.18. The molecule has 1 aliphatic carbocycles. The zero-order valence-electron chi connectivity index (χ0n) is 14.9. The summed E-state index contributed by atoms with van der Waals surface area (Å²) in [7, 11) is 3.82. The molecule has 0 unspecified atom stereocenters. The molecule has 1 N–H and O–H groups in total. The molecule has 0 saturated heterocycles. The maximum atomic E-state index is 4.57. The fraction of sp³-hybridized carbons (Fsp3) is 0.471. The third kappa shape index (κ3) is 4.66. The highest BCUT2D eigenvalue weighted by atomic mass is 32.2. The summed E-state index contributed by atoms with van der Waals surface area (Å²) >= 11 is 1.39. The molecule has 0 atom stereocenters. The number of anilines is 2. The van der Waals surface area contributed by atoms with E-state index in [0.717, 1.165) is 30.1 Å². The van der Waals surface area contributed by atoms with Crippen molar-refractivity contribution in [2.75, 3.05) is 30.9 Å². The molecule has 0 amide bonds. The molecule has 2 heterocycles. The van der Waals surface area contributed by atoms with E-state index >= 15 is 0 Å². The summed E-state index contributed by atoms with van der Waals surface area (Å²) in [6, 6.07) is 0. The molecule has 3 rings (SSSR count). The molecule has 0 radical (unpaired) electrons. The third-order valence-corrected chi connectivity index (χ3v) is 4.57. The molecule has 1 aliphatic rings. The van der Waals surface area contributed by atoms with Crippen molar-refractivity contribution in [1.82, 2.24) is 24.9 Å². The van der Waals surface area contributed by atoms with Crippen LogP contribution in [-0.2, 0) is 0 Å². The number of hydrogen-bond acceptors (Lipinski definition) is 8. The first-order valence-corrected chi connectivity index (χ1v) is 9.34. The van der Waals surface area contributed by atoms with Crippen molar-refractivity contribution in [3.05, 3.63) is 24.2 Å².